The van der Waals surface area contributed by atoms with Gasteiger partial charge in [-0.05, 0) is 59.6 Å². The summed E-state index contributed by atoms with van der Waals surface area (Å²) in [6.45, 7) is 6.09. The molecule has 2 rings (SSSR count). The third-order valence-corrected chi connectivity index (χ3v) is 4.43. The lowest BCUT2D eigenvalue weighted by atomic mass is 10.0. The number of nitrogens with zero attached hydrogens (tertiary/aromatic N) is 2. The summed E-state index contributed by atoms with van der Waals surface area (Å²) in [5.74, 6) is 0. The van der Waals surface area contributed by atoms with E-state index in [0.717, 1.165) is 29.0 Å². The lowest BCUT2D eigenvalue weighted by Gasteiger charge is -2.20. The van der Waals surface area contributed by atoms with Crippen LogP contribution in [0.25, 0.3) is 0 Å². The van der Waals surface area contributed by atoms with Gasteiger partial charge in [0.15, 0.2) is 0 Å². The van der Waals surface area contributed by atoms with Crippen LogP contribution in [0.5, 0.6) is 0 Å². The number of aryl methyl sites for hydroxylation is 1. The van der Waals surface area contributed by atoms with Gasteiger partial charge in [-0.3, -0.25) is 4.68 Å². The second-order valence-corrected chi connectivity index (χ2v) is 5.89. The second-order valence-electron chi connectivity index (χ2n) is 4.63. The first-order valence-electron chi connectivity index (χ1n) is 6.87. The predicted octanol–water partition coefficient (Wildman–Crippen LogP) is 4.41. The molecular weight excluding hydrogens is 338 g/mol. The number of hydrogen-bond acceptors (Lipinski definition) is 2. The SMILES string of the molecule is CCCNC(c1ccc(Cl)c(Br)c1)c1ccnn1CC. The molecule has 1 N–H and O–H groups in total. The molecule has 1 aromatic carbocycles. The molecule has 0 radical (unpaired) electrons. The fourth-order valence-corrected chi connectivity index (χ4v) is 2.74. The molecule has 0 saturated heterocycles. The van der Waals surface area contributed by atoms with Crippen molar-refractivity contribution in [2.45, 2.75) is 32.9 Å². The van der Waals surface area contributed by atoms with Crippen LogP contribution < -0.4 is 5.32 Å². The third kappa shape index (κ3) is 3.43. The fourth-order valence-electron chi connectivity index (χ4n) is 2.23. The van der Waals surface area contributed by atoms with E-state index in [1.807, 2.05) is 16.9 Å². The van der Waals surface area contributed by atoms with Gasteiger partial charge in [0.25, 0.3) is 0 Å². The van der Waals surface area contributed by atoms with Gasteiger partial charge in [0.05, 0.1) is 16.8 Å². The van der Waals surface area contributed by atoms with Crippen molar-refractivity contribution in [2.75, 3.05) is 6.54 Å². The molecule has 0 bridgehead atoms. The Morgan fingerprint density at radius 1 is 1.35 bits per heavy atom. The molecule has 1 atom stereocenters. The summed E-state index contributed by atoms with van der Waals surface area (Å²) in [7, 11) is 0. The van der Waals surface area contributed by atoms with Crippen molar-refractivity contribution < 1.29 is 0 Å². The average molecular weight is 357 g/mol. The van der Waals surface area contributed by atoms with Crippen LogP contribution in [-0.2, 0) is 6.54 Å². The van der Waals surface area contributed by atoms with E-state index in [1.54, 1.807) is 0 Å². The monoisotopic (exact) mass is 355 g/mol. The summed E-state index contributed by atoms with van der Waals surface area (Å²) < 4.78 is 2.94. The van der Waals surface area contributed by atoms with E-state index >= 15 is 0 Å². The Bertz CT molecular complexity index is 568. The quantitative estimate of drug-likeness (QED) is 0.831. The number of aromatic nitrogens is 2. The van der Waals surface area contributed by atoms with Gasteiger partial charge in [0.1, 0.15) is 0 Å². The zero-order chi connectivity index (χ0) is 14.5. The van der Waals surface area contributed by atoms with Crippen LogP contribution >= 0.6 is 27.5 Å². The van der Waals surface area contributed by atoms with Crippen molar-refractivity contribution >= 4 is 27.5 Å². The Kier molecular flexibility index (Phi) is 5.64. The maximum Gasteiger partial charge on any atom is 0.0748 e. The third-order valence-electron chi connectivity index (χ3n) is 3.22. The van der Waals surface area contributed by atoms with Crippen molar-refractivity contribution in [3.63, 3.8) is 0 Å². The Morgan fingerprint density at radius 2 is 2.15 bits per heavy atom. The highest BCUT2D eigenvalue weighted by atomic mass is 79.9. The molecule has 1 heterocycles. The fraction of sp³-hybridized carbons (Fsp3) is 0.400. The van der Waals surface area contributed by atoms with E-state index in [0.29, 0.717) is 0 Å². The molecular formula is C15H19BrClN3. The normalized spacial score (nSPS) is 12.6. The van der Waals surface area contributed by atoms with E-state index in [1.165, 1.54) is 11.3 Å². The standard InChI is InChI=1S/C15H19BrClN3/c1-3-8-18-15(14-7-9-19-20(14)4-2)11-5-6-13(17)12(16)10-11/h5-7,9-10,15,18H,3-4,8H2,1-2H3. The van der Waals surface area contributed by atoms with Gasteiger partial charge in [-0.1, -0.05) is 24.6 Å². The van der Waals surface area contributed by atoms with Crippen molar-refractivity contribution in [1.29, 1.82) is 0 Å². The van der Waals surface area contributed by atoms with Crippen LogP contribution in [0.1, 0.15) is 37.6 Å². The van der Waals surface area contributed by atoms with E-state index in [9.17, 15) is 0 Å². The van der Waals surface area contributed by atoms with E-state index in [2.05, 4.69) is 58.4 Å². The second kappa shape index (κ2) is 7.25. The Morgan fingerprint density at radius 3 is 2.80 bits per heavy atom. The number of nitrogens with one attached hydrogen (secondary N) is 1. The van der Waals surface area contributed by atoms with E-state index < -0.39 is 0 Å². The van der Waals surface area contributed by atoms with Gasteiger partial charge in [0, 0.05) is 17.2 Å². The van der Waals surface area contributed by atoms with Gasteiger partial charge in [-0.15, -0.1) is 0 Å². The summed E-state index contributed by atoms with van der Waals surface area (Å²) in [4.78, 5) is 0. The highest BCUT2D eigenvalue weighted by Crippen LogP contribution is 2.29. The zero-order valence-corrected chi connectivity index (χ0v) is 14.1. The lowest BCUT2D eigenvalue weighted by molar-refractivity contribution is 0.529. The largest absolute Gasteiger partial charge is 0.305 e. The number of rotatable bonds is 6. The molecule has 0 amide bonds. The minimum Gasteiger partial charge on any atom is -0.305 e. The summed E-state index contributed by atoms with van der Waals surface area (Å²) in [6.07, 6.45) is 2.94. The van der Waals surface area contributed by atoms with Crippen LogP contribution in [0.4, 0.5) is 0 Å². The Balaban J connectivity index is 2.38. The van der Waals surface area contributed by atoms with Crippen LogP contribution in [0.15, 0.2) is 34.9 Å². The Labute approximate surface area is 133 Å². The summed E-state index contributed by atoms with van der Waals surface area (Å²) in [5, 5.41) is 8.68. The molecule has 0 aliphatic rings. The van der Waals surface area contributed by atoms with Gasteiger partial charge < -0.3 is 5.32 Å². The van der Waals surface area contributed by atoms with Crippen LogP contribution in [0.3, 0.4) is 0 Å². The molecule has 1 unspecified atom stereocenters. The summed E-state index contributed by atoms with van der Waals surface area (Å²) in [5.41, 5.74) is 2.36. The molecule has 2 aromatic rings. The Hall–Kier alpha value is -0.840. The van der Waals surface area contributed by atoms with Crippen molar-refractivity contribution in [1.82, 2.24) is 15.1 Å². The van der Waals surface area contributed by atoms with E-state index in [4.69, 9.17) is 11.6 Å². The minimum absolute atomic E-state index is 0.131. The molecule has 3 nitrogen and oxygen atoms in total. The topological polar surface area (TPSA) is 29.9 Å². The van der Waals surface area contributed by atoms with Crippen LogP contribution in [0.2, 0.25) is 5.02 Å². The van der Waals surface area contributed by atoms with Gasteiger partial charge in [0.2, 0.25) is 0 Å². The molecule has 0 aliphatic heterocycles. The first-order chi connectivity index (χ1) is 9.67. The molecule has 0 saturated carbocycles. The van der Waals surface area contributed by atoms with E-state index in [-0.39, 0.29) is 6.04 Å². The maximum absolute atomic E-state index is 6.09. The number of hydrogen-bond donors (Lipinski definition) is 1. The van der Waals surface area contributed by atoms with Crippen molar-refractivity contribution in [2.24, 2.45) is 0 Å². The highest BCUT2D eigenvalue weighted by molar-refractivity contribution is 9.10. The van der Waals surface area contributed by atoms with Crippen LogP contribution in [-0.4, -0.2) is 16.3 Å². The summed E-state index contributed by atoms with van der Waals surface area (Å²) >= 11 is 9.59. The molecule has 20 heavy (non-hydrogen) atoms. The maximum atomic E-state index is 6.09. The average Bonchev–Trinajstić information content (AvgIpc) is 2.91. The predicted molar refractivity (Wildman–Crippen MR) is 87.2 cm³/mol. The smallest absolute Gasteiger partial charge is 0.0748 e. The lowest BCUT2D eigenvalue weighted by Crippen LogP contribution is -2.25. The van der Waals surface area contributed by atoms with Crippen LogP contribution in [0, 0.1) is 0 Å². The van der Waals surface area contributed by atoms with Crippen molar-refractivity contribution in [3.05, 3.63) is 51.2 Å². The molecule has 108 valence electrons. The number of benzene rings is 1. The summed E-state index contributed by atoms with van der Waals surface area (Å²) in [6, 6.07) is 8.26. The highest BCUT2D eigenvalue weighted by Gasteiger charge is 2.18. The zero-order valence-electron chi connectivity index (χ0n) is 11.7. The van der Waals surface area contributed by atoms with Gasteiger partial charge in [-0.2, -0.15) is 5.10 Å². The first-order valence-corrected chi connectivity index (χ1v) is 8.04. The minimum atomic E-state index is 0.131. The van der Waals surface area contributed by atoms with Gasteiger partial charge in [-0.25, -0.2) is 0 Å². The molecule has 5 heteroatoms. The first kappa shape index (κ1) is 15.5. The molecule has 0 fully saturated rings. The number of halogens is 2. The molecule has 0 spiro atoms. The van der Waals surface area contributed by atoms with Gasteiger partial charge >= 0.3 is 0 Å². The van der Waals surface area contributed by atoms with Crippen molar-refractivity contribution in [3.8, 4) is 0 Å². The molecule has 1 aromatic heterocycles. The molecule has 0 aliphatic carbocycles.